The van der Waals surface area contributed by atoms with Gasteiger partial charge < -0.3 is 4.74 Å². The lowest BCUT2D eigenvalue weighted by Gasteiger charge is -2.24. The third-order valence-electron chi connectivity index (χ3n) is 4.71. The molecule has 0 aliphatic carbocycles. The van der Waals surface area contributed by atoms with Crippen molar-refractivity contribution in [2.45, 2.75) is 18.6 Å². The Morgan fingerprint density at radius 3 is 2.74 bits per heavy atom. The summed E-state index contributed by atoms with van der Waals surface area (Å²) in [7, 11) is 0. The Bertz CT molecular complexity index is 807. The van der Waals surface area contributed by atoms with Gasteiger partial charge in [0.1, 0.15) is 0 Å². The lowest BCUT2D eigenvalue weighted by Crippen LogP contribution is -2.38. The van der Waals surface area contributed by atoms with Gasteiger partial charge >= 0.3 is 0 Å². The largest absolute Gasteiger partial charge is 0.362 e. The van der Waals surface area contributed by atoms with Crippen LogP contribution in [0.4, 0.5) is 11.4 Å². The highest BCUT2D eigenvalue weighted by molar-refractivity contribution is 6.36. The van der Waals surface area contributed by atoms with Crippen molar-refractivity contribution < 1.29 is 19.2 Å². The Morgan fingerprint density at radius 1 is 1.35 bits per heavy atom. The van der Waals surface area contributed by atoms with E-state index in [1.807, 2.05) is 0 Å². The minimum atomic E-state index is -0.815. The number of fused-ring (bicyclic) bond motifs is 5. The van der Waals surface area contributed by atoms with Crippen LogP contribution in [0.15, 0.2) is 30.4 Å². The van der Waals surface area contributed by atoms with Crippen molar-refractivity contribution in [3.05, 3.63) is 45.5 Å². The SMILES string of the molecule is C[C@@]12C=C[C@@H](O1)[C@@H]1C(=O)N(c3cc([N+](=O)[O-])ccc3Cl)C(=O)[C@H]12. The van der Waals surface area contributed by atoms with Crippen LogP contribution in [-0.2, 0) is 14.3 Å². The molecule has 0 N–H and O–H groups in total. The molecule has 8 heteroatoms. The lowest BCUT2D eigenvalue weighted by molar-refractivity contribution is -0.384. The summed E-state index contributed by atoms with van der Waals surface area (Å²) in [5.74, 6) is -2.09. The van der Waals surface area contributed by atoms with E-state index in [1.54, 1.807) is 19.1 Å². The van der Waals surface area contributed by atoms with Crippen LogP contribution in [0.25, 0.3) is 0 Å². The molecule has 2 fully saturated rings. The number of benzene rings is 1. The highest BCUT2D eigenvalue weighted by atomic mass is 35.5. The van der Waals surface area contributed by atoms with Crippen molar-refractivity contribution in [2.24, 2.45) is 11.8 Å². The van der Waals surface area contributed by atoms with E-state index in [0.29, 0.717) is 0 Å². The molecule has 0 aromatic heterocycles. The van der Waals surface area contributed by atoms with E-state index in [2.05, 4.69) is 0 Å². The zero-order chi connectivity index (χ0) is 16.5. The molecule has 3 heterocycles. The smallest absolute Gasteiger partial charge is 0.271 e. The fourth-order valence-corrected chi connectivity index (χ4v) is 3.88. The molecule has 23 heavy (non-hydrogen) atoms. The van der Waals surface area contributed by atoms with Gasteiger partial charge in [-0.15, -0.1) is 0 Å². The maximum absolute atomic E-state index is 12.8. The first-order valence-electron chi connectivity index (χ1n) is 7.02. The zero-order valence-electron chi connectivity index (χ0n) is 11.9. The molecule has 1 aromatic carbocycles. The van der Waals surface area contributed by atoms with E-state index in [9.17, 15) is 19.7 Å². The van der Waals surface area contributed by atoms with Gasteiger partial charge in [0, 0.05) is 12.1 Å². The highest BCUT2D eigenvalue weighted by Crippen LogP contribution is 2.52. The van der Waals surface area contributed by atoms with Crippen LogP contribution in [0, 0.1) is 22.0 Å². The number of carbonyl (C=O) groups is 2. The summed E-state index contributed by atoms with van der Waals surface area (Å²) in [5.41, 5.74) is -0.997. The van der Waals surface area contributed by atoms with Crippen LogP contribution >= 0.6 is 11.6 Å². The molecule has 0 saturated carbocycles. The number of halogens is 1. The molecule has 2 bridgehead atoms. The summed E-state index contributed by atoms with van der Waals surface area (Å²) in [6, 6.07) is 3.69. The van der Waals surface area contributed by atoms with Gasteiger partial charge in [0.2, 0.25) is 11.8 Å². The number of nitro benzene ring substituents is 1. The van der Waals surface area contributed by atoms with E-state index < -0.39 is 40.3 Å². The summed E-state index contributed by atoms with van der Waals surface area (Å²) in [6.07, 6.45) is 3.14. The quantitative estimate of drug-likeness (QED) is 0.357. The van der Waals surface area contributed by atoms with Gasteiger partial charge in [0.25, 0.3) is 5.69 Å². The summed E-state index contributed by atoms with van der Waals surface area (Å²) < 4.78 is 5.72. The average Bonchev–Trinajstić information content (AvgIpc) is 3.09. The van der Waals surface area contributed by atoms with Crippen molar-refractivity contribution in [1.29, 1.82) is 0 Å². The van der Waals surface area contributed by atoms with Gasteiger partial charge in [-0.25, -0.2) is 4.90 Å². The Morgan fingerprint density at radius 2 is 2.09 bits per heavy atom. The third kappa shape index (κ3) is 1.74. The van der Waals surface area contributed by atoms with E-state index in [4.69, 9.17) is 16.3 Å². The minimum absolute atomic E-state index is 0.0493. The van der Waals surface area contributed by atoms with Crippen LogP contribution < -0.4 is 4.90 Å². The van der Waals surface area contributed by atoms with Gasteiger partial charge in [-0.3, -0.25) is 19.7 Å². The second-order valence-corrected chi connectivity index (χ2v) is 6.44. The predicted octanol–water partition coefficient (Wildman–Crippen LogP) is 2.08. The Balaban J connectivity index is 1.81. The number of non-ortho nitro benzene ring substituents is 1. The Kier molecular flexibility index (Phi) is 2.74. The zero-order valence-corrected chi connectivity index (χ0v) is 12.7. The molecule has 7 nitrogen and oxygen atoms in total. The van der Waals surface area contributed by atoms with Gasteiger partial charge in [0.05, 0.1) is 39.2 Å². The maximum Gasteiger partial charge on any atom is 0.271 e. The summed E-state index contributed by atoms with van der Waals surface area (Å²) in [5, 5.41) is 11.1. The maximum atomic E-state index is 12.8. The van der Waals surface area contributed by atoms with Gasteiger partial charge in [-0.05, 0) is 13.0 Å². The number of amides is 2. The first kappa shape index (κ1) is 14.3. The topological polar surface area (TPSA) is 89.8 Å². The first-order valence-corrected chi connectivity index (χ1v) is 7.40. The third-order valence-corrected chi connectivity index (χ3v) is 5.03. The van der Waals surface area contributed by atoms with Crippen LogP contribution in [0.2, 0.25) is 5.02 Å². The van der Waals surface area contributed by atoms with E-state index in [0.717, 1.165) is 11.0 Å². The molecule has 118 valence electrons. The van der Waals surface area contributed by atoms with Crippen LogP contribution in [0.3, 0.4) is 0 Å². The van der Waals surface area contributed by atoms with E-state index in [1.165, 1.54) is 12.1 Å². The molecule has 2 saturated heterocycles. The van der Waals surface area contributed by atoms with Crippen molar-refractivity contribution in [3.8, 4) is 0 Å². The second-order valence-electron chi connectivity index (χ2n) is 6.03. The summed E-state index contributed by atoms with van der Waals surface area (Å²) >= 11 is 6.08. The van der Waals surface area contributed by atoms with Gasteiger partial charge in [-0.2, -0.15) is 0 Å². The van der Waals surface area contributed by atoms with Crippen molar-refractivity contribution in [1.82, 2.24) is 0 Å². The fraction of sp³-hybridized carbons (Fsp3) is 0.333. The Hall–Kier alpha value is -2.25. The molecule has 1 aromatic rings. The number of hydrogen-bond acceptors (Lipinski definition) is 5. The number of anilines is 1. The molecular weight excluding hydrogens is 324 g/mol. The number of imide groups is 1. The molecule has 0 unspecified atom stereocenters. The number of rotatable bonds is 2. The van der Waals surface area contributed by atoms with E-state index in [-0.39, 0.29) is 16.4 Å². The molecule has 0 spiro atoms. The van der Waals surface area contributed by atoms with Crippen LogP contribution in [-0.4, -0.2) is 28.4 Å². The second kappa shape index (κ2) is 4.39. The van der Waals surface area contributed by atoms with Gasteiger partial charge in [-0.1, -0.05) is 23.8 Å². The molecule has 0 radical (unpaired) electrons. The van der Waals surface area contributed by atoms with Crippen LogP contribution in [0.1, 0.15) is 6.92 Å². The lowest BCUT2D eigenvalue weighted by atomic mass is 9.78. The van der Waals surface area contributed by atoms with Crippen molar-refractivity contribution >= 4 is 34.8 Å². The molecule has 2 amide bonds. The van der Waals surface area contributed by atoms with Crippen LogP contribution in [0.5, 0.6) is 0 Å². The van der Waals surface area contributed by atoms with Crippen molar-refractivity contribution in [2.75, 3.05) is 4.90 Å². The fourth-order valence-electron chi connectivity index (χ4n) is 3.68. The standard InChI is InChI=1S/C15H11ClN2O5/c1-15-5-4-10(23-15)11-12(15)14(20)17(13(11)19)9-6-7(18(21)22)2-3-8(9)16/h2-6,10-12H,1H3/t10-,11+,12+,15+/m1/s1. The molecule has 4 atom stereocenters. The average molecular weight is 335 g/mol. The monoisotopic (exact) mass is 334 g/mol. The summed E-state index contributed by atoms with van der Waals surface area (Å²) in [6.45, 7) is 1.76. The number of ether oxygens (including phenoxy) is 1. The summed E-state index contributed by atoms with van der Waals surface area (Å²) in [4.78, 5) is 36.8. The molecule has 3 aliphatic heterocycles. The first-order chi connectivity index (χ1) is 10.8. The number of hydrogen-bond donors (Lipinski definition) is 0. The highest BCUT2D eigenvalue weighted by Gasteiger charge is 2.66. The molecule has 4 rings (SSSR count). The van der Waals surface area contributed by atoms with Crippen molar-refractivity contribution in [3.63, 3.8) is 0 Å². The number of carbonyl (C=O) groups excluding carboxylic acids is 2. The number of nitro groups is 1. The molecular formula is C15H11ClN2O5. The normalized spacial score (nSPS) is 34.3. The molecule has 3 aliphatic rings. The minimum Gasteiger partial charge on any atom is -0.362 e. The number of nitrogens with zero attached hydrogens (tertiary/aromatic N) is 2. The predicted molar refractivity (Wildman–Crippen MR) is 80.0 cm³/mol. The van der Waals surface area contributed by atoms with E-state index >= 15 is 0 Å². The van der Waals surface area contributed by atoms with Gasteiger partial charge in [0.15, 0.2) is 0 Å². The Labute approximate surface area is 135 Å².